The fourth-order valence-corrected chi connectivity index (χ4v) is 4.20. The molecule has 4 heterocycles. The number of aromatic nitrogens is 5. The summed E-state index contributed by atoms with van der Waals surface area (Å²) in [5, 5.41) is 0. The van der Waals surface area contributed by atoms with Gasteiger partial charge in [-0.15, -0.1) is 0 Å². The van der Waals surface area contributed by atoms with Crippen molar-refractivity contribution in [2.24, 2.45) is 0 Å². The van der Waals surface area contributed by atoms with Crippen LogP contribution in [-0.2, 0) is 0 Å². The van der Waals surface area contributed by atoms with Crippen LogP contribution in [0.4, 0.5) is 0 Å². The number of piperidine rings is 1. The first-order chi connectivity index (χ1) is 16.7. The van der Waals surface area contributed by atoms with E-state index in [-0.39, 0.29) is 11.8 Å². The molecule has 34 heavy (non-hydrogen) atoms. The van der Waals surface area contributed by atoms with E-state index in [1.807, 2.05) is 42.2 Å². The Bertz CT molecular complexity index is 1300. The van der Waals surface area contributed by atoms with E-state index in [2.05, 4.69) is 24.9 Å². The first kappa shape index (κ1) is 21.6. The van der Waals surface area contributed by atoms with Gasteiger partial charge in [-0.1, -0.05) is 18.2 Å². The number of pyridine rings is 1. The van der Waals surface area contributed by atoms with E-state index in [9.17, 15) is 4.79 Å². The smallest absolute Gasteiger partial charge is 0.255 e. The zero-order chi connectivity index (χ0) is 23.3. The highest BCUT2D eigenvalue weighted by Gasteiger charge is 2.29. The Labute approximate surface area is 197 Å². The van der Waals surface area contributed by atoms with Crippen molar-refractivity contribution >= 4 is 5.91 Å². The molecule has 0 saturated carbocycles. The fourth-order valence-electron chi connectivity index (χ4n) is 4.20. The van der Waals surface area contributed by atoms with Gasteiger partial charge in [0.1, 0.15) is 17.8 Å². The van der Waals surface area contributed by atoms with Crippen LogP contribution in [0.15, 0.2) is 73.8 Å². The number of para-hydroxylation sites is 1. The zero-order valence-corrected chi connectivity index (χ0v) is 18.8. The Morgan fingerprint density at radius 1 is 1.00 bits per heavy atom. The maximum Gasteiger partial charge on any atom is 0.255 e. The van der Waals surface area contributed by atoms with Crippen molar-refractivity contribution < 1.29 is 9.53 Å². The maximum absolute atomic E-state index is 13.4. The van der Waals surface area contributed by atoms with Crippen molar-refractivity contribution in [1.82, 2.24) is 29.8 Å². The quantitative estimate of drug-likeness (QED) is 0.442. The first-order valence-corrected chi connectivity index (χ1v) is 11.2. The minimum absolute atomic E-state index is 0.0316. The first-order valence-electron chi connectivity index (χ1n) is 11.2. The molecule has 1 amide bonds. The lowest BCUT2D eigenvalue weighted by Gasteiger charge is -2.32. The Hall–Kier alpha value is -4.20. The van der Waals surface area contributed by atoms with Crippen LogP contribution in [-0.4, -0.2) is 48.8 Å². The average molecular weight is 453 g/mol. The van der Waals surface area contributed by atoms with Crippen LogP contribution in [0, 0.1) is 6.92 Å². The number of benzene rings is 1. The van der Waals surface area contributed by atoms with Crippen LogP contribution in [0.25, 0.3) is 11.1 Å². The van der Waals surface area contributed by atoms with Crippen molar-refractivity contribution in [1.29, 1.82) is 0 Å². The molecule has 4 aromatic rings. The molecule has 1 aromatic carbocycles. The summed E-state index contributed by atoms with van der Waals surface area (Å²) in [5.74, 6) is 1.22. The summed E-state index contributed by atoms with van der Waals surface area (Å²) >= 11 is 0. The van der Waals surface area contributed by atoms with Gasteiger partial charge in [-0.05, 0) is 37.5 Å². The van der Waals surface area contributed by atoms with E-state index in [0.717, 1.165) is 41.0 Å². The van der Waals surface area contributed by atoms with Gasteiger partial charge in [0.25, 0.3) is 5.91 Å². The van der Waals surface area contributed by atoms with Crippen molar-refractivity contribution in [3.8, 4) is 22.8 Å². The SMILES string of the molecule is Cc1ccccc1Oc1nccnc1[C@@H]1CCCN(C(=O)c2cncc(-c3cncnc3)c2)C1. The third-order valence-corrected chi connectivity index (χ3v) is 5.97. The normalized spacial score (nSPS) is 15.7. The predicted molar refractivity (Wildman–Crippen MR) is 126 cm³/mol. The molecular weight excluding hydrogens is 428 g/mol. The molecule has 0 spiro atoms. The number of carbonyl (C=O) groups is 1. The third kappa shape index (κ3) is 4.61. The molecule has 5 rings (SSSR count). The Balaban J connectivity index is 1.36. The number of rotatable bonds is 5. The Kier molecular flexibility index (Phi) is 6.20. The number of aryl methyl sites for hydroxylation is 1. The highest BCUT2D eigenvalue weighted by Crippen LogP contribution is 2.34. The van der Waals surface area contributed by atoms with Crippen LogP contribution in [0.2, 0.25) is 0 Å². The molecule has 170 valence electrons. The third-order valence-electron chi connectivity index (χ3n) is 5.97. The van der Waals surface area contributed by atoms with Gasteiger partial charge < -0.3 is 9.64 Å². The molecule has 1 aliphatic heterocycles. The topological polar surface area (TPSA) is 94.0 Å². The van der Waals surface area contributed by atoms with Gasteiger partial charge >= 0.3 is 0 Å². The van der Waals surface area contributed by atoms with E-state index < -0.39 is 0 Å². The van der Waals surface area contributed by atoms with E-state index in [1.54, 1.807) is 37.2 Å². The second-order valence-electron chi connectivity index (χ2n) is 8.29. The lowest BCUT2D eigenvalue weighted by molar-refractivity contribution is 0.0704. The summed E-state index contributed by atoms with van der Waals surface area (Å²) in [7, 11) is 0. The highest BCUT2D eigenvalue weighted by molar-refractivity contribution is 5.95. The van der Waals surface area contributed by atoms with Gasteiger partial charge in [-0.2, -0.15) is 0 Å². The number of carbonyl (C=O) groups excluding carboxylic acids is 1. The van der Waals surface area contributed by atoms with Crippen molar-refractivity contribution in [3.63, 3.8) is 0 Å². The number of hydrogen-bond donors (Lipinski definition) is 0. The van der Waals surface area contributed by atoms with Gasteiger partial charge in [-0.25, -0.2) is 15.0 Å². The number of hydrogen-bond acceptors (Lipinski definition) is 7. The molecule has 0 N–H and O–H groups in total. The lowest BCUT2D eigenvalue weighted by atomic mass is 9.94. The van der Waals surface area contributed by atoms with E-state index in [0.29, 0.717) is 24.5 Å². The molecule has 8 nitrogen and oxygen atoms in total. The minimum atomic E-state index is -0.0545. The molecule has 1 saturated heterocycles. The molecule has 1 aliphatic rings. The van der Waals surface area contributed by atoms with Crippen LogP contribution >= 0.6 is 0 Å². The fraction of sp³-hybridized carbons (Fsp3) is 0.231. The maximum atomic E-state index is 13.4. The number of amides is 1. The summed E-state index contributed by atoms with van der Waals surface area (Å²) < 4.78 is 6.14. The predicted octanol–water partition coefficient (Wildman–Crippen LogP) is 4.45. The average Bonchev–Trinajstić information content (AvgIpc) is 2.90. The molecule has 0 unspecified atom stereocenters. The van der Waals surface area contributed by atoms with Crippen LogP contribution in [0.3, 0.4) is 0 Å². The molecule has 8 heteroatoms. The highest BCUT2D eigenvalue weighted by atomic mass is 16.5. The van der Waals surface area contributed by atoms with Crippen molar-refractivity contribution in [2.75, 3.05) is 13.1 Å². The van der Waals surface area contributed by atoms with Crippen molar-refractivity contribution in [3.05, 3.63) is 90.7 Å². The summed E-state index contributed by atoms with van der Waals surface area (Å²) in [6.07, 6.45) is 13.3. The van der Waals surface area contributed by atoms with Crippen LogP contribution in [0.5, 0.6) is 11.6 Å². The van der Waals surface area contributed by atoms with Gasteiger partial charge in [0.15, 0.2) is 0 Å². The number of ether oxygens (including phenoxy) is 1. The van der Waals surface area contributed by atoms with E-state index >= 15 is 0 Å². The van der Waals surface area contributed by atoms with Crippen LogP contribution < -0.4 is 4.74 Å². The summed E-state index contributed by atoms with van der Waals surface area (Å²) in [5.41, 5.74) is 3.96. The monoisotopic (exact) mass is 452 g/mol. The largest absolute Gasteiger partial charge is 0.437 e. The molecule has 3 aromatic heterocycles. The van der Waals surface area contributed by atoms with Gasteiger partial charge in [0.2, 0.25) is 5.88 Å². The lowest BCUT2D eigenvalue weighted by Crippen LogP contribution is -2.39. The van der Waals surface area contributed by atoms with Gasteiger partial charge in [0, 0.05) is 67.3 Å². The molecular formula is C26H24N6O2. The second-order valence-corrected chi connectivity index (χ2v) is 8.29. The molecule has 0 aliphatic carbocycles. The van der Waals surface area contributed by atoms with Crippen LogP contribution in [0.1, 0.15) is 40.4 Å². The molecule has 0 radical (unpaired) electrons. The molecule has 0 bridgehead atoms. The van der Waals surface area contributed by atoms with Gasteiger partial charge in [-0.3, -0.25) is 14.8 Å². The summed E-state index contributed by atoms with van der Waals surface area (Å²) in [4.78, 5) is 36.7. The standard InChI is InChI=1S/C26H24N6O2/c1-18-5-2-3-7-23(18)34-25-24(30-8-9-31-25)19-6-4-10-32(16-19)26(33)21-11-20(12-27-13-21)22-14-28-17-29-15-22/h2-3,5,7-9,11-15,17,19H,4,6,10,16H2,1H3/t19-/m1/s1. The number of nitrogens with zero attached hydrogens (tertiary/aromatic N) is 6. The molecule has 1 fully saturated rings. The van der Waals surface area contributed by atoms with Crippen molar-refractivity contribution in [2.45, 2.75) is 25.7 Å². The van der Waals surface area contributed by atoms with Gasteiger partial charge in [0.05, 0.1) is 5.56 Å². The zero-order valence-electron chi connectivity index (χ0n) is 18.8. The Morgan fingerprint density at radius 3 is 2.65 bits per heavy atom. The number of likely N-dealkylation sites (tertiary alicyclic amines) is 1. The second kappa shape index (κ2) is 9.74. The summed E-state index contributed by atoms with van der Waals surface area (Å²) in [6, 6.07) is 9.66. The molecule has 1 atom stereocenters. The van der Waals surface area contributed by atoms with E-state index in [4.69, 9.17) is 4.74 Å². The minimum Gasteiger partial charge on any atom is -0.437 e. The van der Waals surface area contributed by atoms with E-state index in [1.165, 1.54) is 6.33 Å². The summed E-state index contributed by atoms with van der Waals surface area (Å²) in [6.45, 7) is 3.22. The Morgan fingerprint density at radius 2 is 1.79 bits per heavy atom.